The molecule has 0 atom stereocenters. The maximum absolute atomic E-state index is 13.6. The summed E-state index contributed by atoms with van der Waals surface area (Å²) in [5.74, 6) is 0.772. The van der Waals surface area contributed by atoms with E-state index in [1.807, 2.05) is 92.6 Å². The number of ether oxygens (including phenoxy) is 1. The van der Waals surface area contributed by atoms with Crippen LogP contribution >= 0.6 is 0 Å². The van der Waals surface area contributed by atoms with Gasteiger partial charge in [0, 0.05) is 30.0 Å². The number of nitrogens with zero attached hydrogens (tertiary/aromatic N) is 3. The Morgan fingerprint density at radius 1 is 0.950 bits per heavy atom. The Balaban J connectivity index is 1.38. The standard InChI is InChI=1S/C33H36N4O3/c1-23-18-25(12-14-29(23)24-9-7-10-28(19-24)40-4)32(38)22-36-21-27-13-15-31(33(39)34-16-17-35(2)3)37(27)20-26-8-5-6-11-30(26)36/h5-15,18-19H,16-17,20-22H2,1-4H3,(H,34,39). The zero-order chi connectivity index (χ0) is 28.2. The third-order valence-electron chi connectivity index (χ3n) is 7.43. The van der Waals surface area contributed by atoms with Gasteiger partial charge in [-0.1, -0.05) is 42.5 Å². The number of likely N-dealkylation sites (N-methyl/N-ethyl adjacent to an activating group) is 1. The number of hydrogen-bond donors (Lipinski definition) is 1. The van der Waals surface area contributed by atoms with Crippen LogP contribution in [0.3, 0.4) is 0 Å². The molecule has 0 unspecified atom stereocenters. The van der Waals surface area contributed by atoms with E-state index in [1.54, 1.807) is 7.11 Å². The number of methoxy groups -OCH3 is 1. The first-order valence-electron chi connectivity index (χ1n) is 13.6. The quantitative estimate of drug-likeness (QED) is 0.305. The number of carbonyl (C=O) groups is 2. The third kappa shape index (κ3) is 5.80. The highest BCUT2D eigenvalue weighted by molar-refractivity contribution is 6.00. The second-order valence-corrected chi connectivity index (χ2v) is 10.5. The van der Waals surface area contributed by atoms with Gasteiger partial charge in [0.1, 0.15) is 11.4 Å². The number of aryl methyl sites for hydroxylation is 1. The van der Waals surface area contributed by atoms with E-state index in [0.717, 1.165) is 45.9 Å². The number of rotatable bonds is 9. The Morgan fingerprint density at radius 3 is 2.55 bits per heavy atom. The average Bonchev–Trinajstić information content (AvgIpc) is 3.27. The van der Waals surface area contributed by atoms with E-state index in [4.69, 9.17) is 4.74 Å². The van der Waals surface area contributed by atoms with Crippen LogP contribution < -0.4 is 15.0 Å². The van der Waals surface area contributed by atoms with Crippen molar-refractivity contribution in [1.82, 2.24) is 14.8 Å². The number of nitrogens with one attached hydrogen (secondary N) is 1. The lowest BCUT2D eigenvalue weighted by Gasteiger charge is -2.24. The van der Waals surface area contributed by atoms with Crippen molar-refractivity contribution in [1.29, 1.82) is 0 Å². The number of ketones is 1. The van der Waals surface area contributed by atoms with E-state index in [0.29, 0.717) is 30.9 Å². The molecule has 40 heavy (non-hydrogen) atoms. The molecule has 7 heteroatoms. The van der Waals surface area contributed by atoms with Gasteiger partial charge in [0.15, 0.2) is 5.78 Å². The van der Waals surface area contributed by atoms with Gasteiger partial charge in [-0.15, -0.1) is 0 Å². The molecule has 0 bridgehead atoms. The van der Waals surface area contributed by atoms with Crippen molar-refractivity contribution in [2.24, 2.45) is 0 Å². The molecule has 0 fully saturated rings. The van der Waals surface area contributed by atoms with E-state index in [9.17, 15) is 9.59 Å². The molecule has 0 aliphatic carbocycles. The first-order chi connectivity index (χ1) is 19.3. The molecule has 1 N–H and O–H groups in total. The van der Waals surface area contributed by atoms with Gasteiger partial charge >= 0.3 is 0 Å². The van der Waals surface area contributed by atoms with Crippen molar-refractivity contribution < 1.29 is 14.3 Å². The molecule has 1 aliphatic heterocycles. The predicted octanol–water partition coefficient (Wildman–Crippen LogP) is 5.01. The summed E-state index contributed by atoms with van der Waals surface area (Å²) >= 11 is 0. The number of carbonyl (C=O) groups excluding carboxylic acids is 2. The fourth-order valence-corrected chi connectivity index (χ4v) is 5.28. The van der Waals surface area contributed by atoms with E-state index < -0.39 is 0 Å². The molecular formula is C33H36N4O3. The molecule has 206 valence electrons. The highest BCUT2D eigenvalue weighted by atomic mass is 16.5. The Morgan fingerprint density at radius 2 is 1.77 bits per heavy atom. The van der Waals surface area contributed by atoms with Gasteiger partial charge in [-0.25, -0.2) is 0 Å². The fraction of sp³-hybridized carbons (Fsp3) is 0.273. The number of fused-ring (bicyclic) bond motifs is 2. The van der Waals surface area contributed by atoms with Crippen molar-refractivity contribution in [3.05, 3.63) is 107 Å². The van der Waals surface area contributed by atoms with Gasteiger partial charge < -0.3 is 24.4 Å². The smallest absolute Gasteiger partial charge is 0.267 e. The molecule has 5 rings (SSSR count). The average molecular weight is 537 g/mol. The third-order valence-corrected chi connectivity index (χ3v) is 7.43. The molecule has 1 amide bonds. The summed E-state index contributed by atoms with van der Waals surface area (Å²) in [4.78, 5) is 30.8. The van der Waals surface area contributed by atoms with Crippen molar-refractivity contribution in [2.75, 3.05) is 45.7 Å². The van der Waals surface area contributed by atoms with Crippen molar-refractivity contribution >= 4 is 17.4 Å². The molecule has 0 spiro atoms. The van der Waals surface area contributed by atoms with E-state index >= 15 is 0 Å². The first kappa shape index (κ1) is 27.2. The van der Waals surface area contributed by atoms with Crippen LogP contribution in [0.5, 0.6) is 5.75 Å². The van der Waals surface area contributed by atoms with Crippen LogP contribution in [-0.2, 0) is 13.1 Å². The lowest BCUT2D eigenvalue weighted by atomic mass is 9.97. The number of amides is 1. The highest BCUT2D eigenvalue weighted by Crippen LogP contribution is 2.30. The summed E-state index contributed by atoms with van der Waals surface area (Å²) in [6, 6.07) is 25.9. The first-order valence-corrected chi connectivity index (χ1v) is 13.6. The van der Waals surface area contributed by atoms with Crippen LogP contribution in [0.4, 0.5) is 5.69 Å². The van der Waals surface area contributed by atoms with Crippen LogP contribution in [0.2, 0.25) is 0 Å². The second kappa shape index (κ2) is 11.8. The lowest BCUT2D eigenvalue weighted by molar-refractivity contribution is 0.0940. The van der Waals surface area contributed by atoms with E-state index in [-0.39, 0.29) is 18.2 Å². The molecule has 0 radical (unpaired) electrons. The lowest BCUT2D eigenvalue weighted by Crippen LogP contribution is -2.32. The minimum atomic E-state index is -0.0818. The molecule has 0 saturated heterocycles. The van der Waals surface area contributed by atoms with Crippen LogP contribution in [0, 0.1) is 6.92 Å². The fourth-order valence-electron chi connectivity index (χ4n) is 5.28. The van der Waals surface area contributed by atoms with Crippen LogP contribution in [0.1, 0.15) is 37.7 Å². The number of para-hydroxylation sites is 1. The maximum atomic E-state index is 13.6. The highest BCUT2D eigenvalue weighted by Gasteiger charge is 2.25. The number of aromatic nitrogens is 1. The summed E-state index contributed by atoms with van der Waals surface area (Å²) in [6.07, 6.45) is 0. The summed E-state index contributed by atoms with van der Waals surface area (Å²) in [5.41, 5.74) is 7.59. The molecule has 2 heterocycles. The van der Waals surface area contributed by atoms with Gasteiger partial charge in [0.2, 0.25) is 0 Å². The second-order valence-electron chi connectivity index (χ2n) is 10.5. The molecule has 1 aliphatic rings. The summed E-state index contributed by atoms with van der Waals surface area (Å²) in [7, 11) is 5.63. The minimum Gasteiger partial charge on any atom is -0.497 e. The summed E-state index contributed by atoms with van der Waals surface area (Å²) in [5, 5.41) is 3.03. The maximum Gasteiger partial charge on any atom is 0.267 e. The van der Waals surface area contributed by atoms with Gasteiger partial charge in [-0.3, -0.25) is 9.59 Å². The number of anilines is 1. The number of benzene rings is 3. The minimum absolute atomic E-state index is 0.0525. The predicted molar refractivity (Wildman–Crippen MR) is 159 cm³/mol. The van der Waals surface area contributed by atoms with Gasteiger partial charge in [-0.2, -0.15) is 0 Å². The molecule has 4 aromatic rings. The normalized spacial score (nSPS) is 12.5. The van der Waals surface area contributed by atoms with Crippen molar-refractivity contribution in [3.63, 3.8) is 0 Å². The van der Waals surface area contributed by atoms with Gasteiger partial charge in [-0.05, 0) is 79.7 Å². The van der Waals surface area contributed by atoms with Crippen LogP contribution in [0.15, 0.2) is 78.9 Å². The van der Waals surface area contributed by atoms with Gasteiger partial charge in [0.05, 0.1) is 26.7 Å². The number of hydrogen-bond acceptors (Lipinski definition) is 5. The summed E-state index contributed by atoms with van der Waals surface area (Å²) < 4.78 is 7.45. The molecule has 3 aromatic carbocycles. The van der Waals surface area contributed by atoms with Gasteiger partial charge in [0.25, 0.3) is 5.91 Å². The van der Waals surface area contributed by atoms with Crippen molar-refractivity contribution in [2.45, 2.75) is 20.0 Å². The Labute approximate surface area is 236 Å². The molecule has 1 aromatic heterocycles. The monoisotopic (exact) mass is 536 g/mol. The van der Waals surface area contributed by atoms with Crippen LogP contribution in [0.25, 0.3) is 11.1 Å². The Bertz CT molecular complexity index is 1540. The summed E-state index contributed by atoms with van der Waals surface area (Å²) in [6.45, 7) is 4.75. The number of Topliss-reactive ketones (excluding diaryl/α,β-unsaturated/α-hetero) is 1. The topological polar surface area (TPSA) is 66.8 Å². The zero-order valence-corrected chi connectivity index (χ0v) is 23.6. The Hall–Kier alpha value is -4.36. The Kier molecular flexibility index (Phi) is 8.03. The zero-order valence-electron chi connectivity index (χ0n) is 23.6. The molecule has 0 saturated carbocycles. The van der Waals surface area contributed by atoms with Crippen molar-refractivity contribution in [3.8, 4) is 16.9 Å². The molecule has 7 nitrogen and oxygen atoms in total. The van der Waals surface area contributed by atoms with Crippen LogP contribution in [-0.4, -0.2) is 62.0 Å². The molecular weight excluding hydrogens is 500 g/mol. The van der Waals surface area contributed by atoms with E-state index in [2.05, 4.69) is 26.9 Å². The largest absolute Gasteiger partial charge is 0.497 e. The van der Waals surface area contributed by atoms with E-state index in [1.165, 1.54) is 0 Å². The SMILES string of the molecule is COc1cccc(-c2ccc(C(=O)CN3Cc4ccc(C(=O)NCCN(C)C)n4Cc4ccccc43)cc2C)c1.